The molecule has 92 valence electrons. The number of urea groups is 1. The maximum absolute atomic E-state index is 11.4. The summed E-state index contributed by atoms with van der Waals surface area (Å²) in [5.41, 5.74) is 5.94. The zero-order valence-corrected chi connectivity index (χ0v) is 9.36. The van der Waals surface area contributed by atoms with Gasteiger partial charge in [-0.15, -0.1) is 0 Å². The molecule has 1 aromatic carbocycles. The lowest BCUT2D eigenvalue weighted by Crippen LogP contribution is -2.32. The Morgan fingerprint density at radius 1 is 1.29 bits per heavy atom. The highest BCUT2D eigenvalue weighted by molar-refractivity contribution is 5.89. The Morgan fingerprint density at radius 3 is 2.82 bits per heavy atom. The molecule has 1 aromatic rings. The predicted molar refractivity (Wildman–Crippen MR) is 63.5 cm³/mol. The van der Waals surface area contributed by atoms with Gasteiger partial charge in [0, 0.05) is 24.8 Å². The van der Waals surface area contributed by atoms with E-state index in [0.717, 1.165) is 0 Å². The van der Waals surface area contributed by atoms with Crippen molar-refractivity contribution in [3.63, 3.8) is 0 Å². The third kappa shape index (κ3) is 3.01. The minimum Gasteiger partial charge on any atom is -0.486 e. The molecule has 0 saturated carbocycles. The van der Waals surface area contributed by atoms with Crippen LogP contribution in [0.15, 0.2) is 18.2 Å². The molecule has 0 bridgehead atoms. The quantitative estimate of drug-likeness (QED) is 0.716. The van der Waals surface area contributed by atoms with E-state index < -0.39 is 0 Å². The highest BCUT2D eigenvalue weighted by Crippen LogP contribution is 2.32. The van der Waals surface area contributed by atoms with Crippen LogP contribution < -0.4 is 25.8 Å². The molecule has 2 rings (SSSR count). The van der Waals surface area contributed by atoms with Crippen LogP contribution in [0.25, 0.3) is 0 Å². The van der Waals surface area contributed by atoms with Crippen molar-refractivity contribution >= 4 is 11.7 Å². The first-order valence-electron chi connectivity index (χ1n) is 5.44. The van der Waals surface area contributed by atoms with Gasteiger partial charge in [-0.3, -0.25) is 0 Å². The number of ether oxygens (including phenoxy) is 2. The fraction of sp³-hybridized carbons (Fsp3) is 0.364. The molecule has 0 aromatic heterocycles. The maximum Gasteiger partial charge on any atom is 0.319 e. The average molecular weight is 237 g/mol. The summed E-state index contributed by atoms with van der Waals surface area (Å²) in [6.45, 7) is 1.93. The van der Waals surface area contributed by atoms with E-state index >= 15 is 0 Å². The molecule has 0 fully saturated rings. The molecule has 0 saturated heterocycles. The minimum absolute atomic E-state index is 0.285. The molecule has 1 aliphatic rings. The van der Waals surface area contributed by atoms with Gasteiger partial charge in [-0.25, -0.2) is 4.79 Å². The molecule has 0 radical (unpaired) electrons. The summed E-state index contributed by atoms with van der Waals surface area (Å²) in [7, 11) is 0. The summed E-state index contributed by atoms with van der Waals surface area (Å²) in [4.78, 5) is 11.4. The first kappa shape index (κ1) is 11.5. The summed E-state index contributed by atoms with van der Waals surface area (Å²) in [6.07, 6.45) is 0. The monoisotopic (exact) mass is 237 g/mol. The number of rotatable bonds is 3. The van der Waals surface area contributed by atoms with Gasteiger partial charge < -0.3 is 25.8 Å². The number of hydrogen-bond acceptors (Lipinski definition) is 4. The summed E-state index contributed by atoms with van der Waals surface area (Å²) >= 11 is 0. The molecule has 17 heavy (non-hydrogen) atoms. The number of anilines is 1. The Bertz CT molecular complexity index is 409. The maximum atomic E-state index is 11.4. The van der Waals surface area contributed by atoms with Gasteiger partial charge in [0.1, 0.15) is 13.2 Å². The SMILES string of the molecule is NCCNC(=O)Nc1ccc2c(c1)OCCO2. The zero-order chi connectivity index (χ0) is 12.1. The van der Waals surface area contributed by atoms with Crippen molar-refractivity contribution in [2.45, 2.75) is 0 Å². The van der Waals surface area contributed by atoms with Crippen molar-refractivity contribution in [3.8, 4) is 11.5 Å². The lowest BCUT2D eigenvalue weighted by Gasteiger charge is -2.19. The topological polar surface area (TPSA) is 85.6 Å². The third-order valence-electron chi connectivity index (χ3n) is 2.23. The van der Waals surface area contributed by atoms with Crippen LogP contribution in [0, 0.1) is 0 Å². The highest BCUT2D eigenvalue weighted by atomic mass is 16.6. The molecule has 6 heteroatoms. The standard InChI is InChI=1S/C11H15N3O3/c12-3-4-13-11(15)14-8-1-2-9-10(7-8)17-6-5-16-9/h1-2,7H,3-6,12H2,(H2,13,14,15). The molecule has 6 nitrogen and oxygen atoms in total. The van der Waals surface area contributed by atoms with Crippen molar-refractivity contribution in [1.82, 2.24) is 5.32 Å². The van der Waals surface area contributed by atoms with E-state index in [1.165, 1.54) is 0 Å². The molecule has 4 N–H and O–H groups in total. The van der Waals surface area contributed by atoms with Crippen LogP contribution in [0.2, 0.25) is 0 Å². The largest absolute Gasteiger partial charge is 0.486 e. The molecule has 0 spiro atoms. The second-order valence-corrected chi connectivity index (χ2v) is 3.53. The molecular weight excluding hydrogens is 222 g/mol. The molecule has 1 heterocycles. The van der Waals surface area contributed by atoms with Crippen LogP contribution >= 0.6 is 0 Å². The van der Waals surface area contributed by atoms with Crippen molar-refractivity contribution < 1.29 is 14.3 Å². The van der Waals surface area contributed by atoms with Crippen molar-refractivity contribution in [3.05, 3.63) is 18.2 Å². The number of amides is 2. The summed E-state index contributed by atoms with van der Waals surface area (Å²) < 4.78 is 10.8. The fourth-order valence-electron chi connectivity index (χ4n) is 1.48. The van der Waals surface area contributed by atoms with Crippen LogP contribution in [-0.2, 0) is 0 Å². The lowest BCUT2D eigenvalue weighted by atomic mass is 10.2. The minimum atomic E-state index is -0.285. The molecule has 0 atom stereocenters. The Morgan fingerprint density at radius 2 is 2.06 bits per heavy atom. The molecule has 0 unspecified atom stereocenters. The van der Waals surface area contributed by atoms with E-state index in [2.05, 4.69) is 10.6 Å². The number of fused-ring (bicyclic) bond motifs is 1. The Hall–Kier alpha value is -1.95. The van der Waals surface area contributed by atoms with Crippen molar-refractivity contribution in [2.75, 3.05) is 31.6 Å². The van der Waals surface area contributed by atoms with E-state index in [1.54, 1.807) is 18.2 Å². The summed E-state index contributed by atoms with van der Waals surface area (Å²) in [6, 6.07) is 4.98. The first-order chi connectivity index (χ1) is 8.29. The highest BCUT2D eigenvalue weighted by Gasteiger charge is 2.12. The van der Waals surface area contributed by atoms with Crippen molar-refractivity contribution in [1.29, 1.82) is 0 Å². The molecule has 1 aliphatic heterocycles. The number of carbonyl (C=O) groups excluding carboxylic acids is 1. The van der Waals surface area contributed by atoms with Gasteiger partial charge in [-0.05, 0) is 12.1 Å². The Labute approximate surface area is 99.1 Å². The number of carbonyl (C=O) groups is 1. The van der Waals surface area contributed by atoms with Crippen LogP contribution in [0.1, 0.15) is 0 Å². The predicted octanol–water partition coefficient (Wildman–Crippen LogP) is 0.538. The normalized spacial score (nSPS) is 13.0. The number of nitrogens with one attached hydrogen (secondary N) is 2. The molecule has 0 aliphatic carbocycles. The van der Waals surface area contributed by atoms with E-state index in [0.29, 0.717) is 43.5 Å². The number of benzene rings is 1. The van der Waals surface area contributed by atoms with Gasteiger partial charge in [0.2, 0.25) is 0 Å². The summed E-state index contributed by atoms with van der Waals surface area (Å²) in [5, 5.41) is 5.30. The molecular formula is C11H15N3O3. The van der Waals surface area contributed by atoms with Gasteiger partial charge in [-0.2, -0.15) is 0 Å². The number of nitrogens with two attached hydrogens (primary N) is 1. The van der Waals surface area contributed by atoms with E-state index in [9.17, 15) is 4.79 Å². The second-order valence-electron chi connectivity index (χ2n) is 3.53. The lowest BCUT2D eigenvalue weighted by molar-refractivity contribution is 0.171. The Balaban J connectivity index is 1.99. The number of hydrogen-bond donors (Lipinski definition) is 3. The fourth-order valence-corrected chi connectivity index (χ4v) is 1.48. The summed E-state index contributed by atoms with van der Waals surface area (Å²) in [5.74, 6) is 1.34. The zero-order valence-electron chi connectivity index (χ0n) is 9.36. The van der Waals surface area contributed by atoms with Crippen LogP contribution in [0.4, 0.5) is 10.5 Å². The second kappa shape index (κ2) is 5.40. The average Bonchev–Trinajstić information content (AvgIpc) is 2.36. The van der Waals surface area contributed by atoms with Gasteiger partial charge in [0.15, 0.2) is 11.5 Å². The van der Waals surface area contributed by atoms with Crippen molar-refractivity contribution in [2.24, 2.45) is 5.73 Å². The molecule has 2 amide bonds. The smallest absolute Gasteiger partial charge is 0.319 e. The van der Waals surface area contributed by atoms with E-state index in [1.807, 2.05) is 0 Å². The van der Waals surface area contributed by atoms with Gasteiger partial charge in [0.25, 0.3) is 0 Å². The van der Waals surface area contributed by atoms with E-state index in [-0.39, 0.29) is 6.03 Å². The van der Waals surface area contributed by atoms with Crippen LogP contribution in [0.5, 0.6) is 11.5 Å². The third-order valence-corrected chi connectivity index (χ3v) is 2.23. The van der Waals surface area contributed by atoms with Crippen LogP contribution in [0.3, 0.4) is 0 Å². The first-order valence-corrected chi connectivity index (χ1v) is 5.44. The van der Waals surface area contributed by atoms with Crippen LogP contribution in [-0.4, -0.2) is 32.3 Å². The Kier molecular flexibility index (Phi) is 3.66. The van der Waals surface area contributed by atoms with Gasteiger partial charge in [-0.1, -0.05) is 0 Å². The van der Waals surface area contributed by atoms with Gasteiger partial charge >= 0.3 is 6.03 Å². The van der Waals surface area contributed by atoms with E-state index in [4.69, 9.17) is 15.2 Å². The van der Waals surface area contributed by atoms with Gasteiger partial charge in [0.05, 0.1) is 0 Å².